The number of nitrogens with zero attached hydrogens (tertiary/aromatic N) is 1. The van der Waals surface area contributed by atoms with Crippen molar-refractivity contribution in [3.63, 3.8) is 0 Å². The van der Waals surface area contributed by atoms with Crippen molar-refractivity contribution >= 4 is 48.0 Å². The van der Waals surface area contributed by atoms with Gasteiger partial charge in [0.05, 0.1) is 11.4 Å². The van der Waals surface area contributed by atoms with Crippen LogP contribution in [0.3, 0.4) is 0 Å². The van der Waals surface area contributed by atoms with Gasteiger partial charge >= 0.3 is 0 Å². The van der Waals surface area contributed by atoms with Crippen LogP contribution in [-0.2, 0) is 9.59 Å². The Balaban J connectivity index is 0.00000288. The molecule has 1 aromatic carbocycles. The topological polar surface area (TPSA) is 87.5 Å². The minimum absolute atomic E-state index is 0. The molecule has 0 spiro atoms. The first-order valence-corrected chi connectivity index (χ1v) is 8.11. The molecule has 4 N–H and O–H groups in total. The third-order valence-electron chi connectivity index (χ3n) is 4.36. The number of para-hydroxylation sites is 2. The summed E-state index contributed by atoms with van der Waals surface area (Å²) >= 11 is 0. The smallest absolute Gasteiger partial charge is 0.228 e. The van der Waals surface area contributed by atoms with Crippen LogP contribution in [0.1, 0.15) is 19.8 Å². The van der Waals surface area contributed by atoms with Crippen LogP contribution in [0.5, 0.6) is 0 Å². The minimum Gasteiger partial charge on any atom is -0.370 e. The Morgan fingerprint density at radius 2 is 1.84 bits per heavy atom. The van der Waals surface area contributed by atoms with Crippen molar-refractivity contribution in [1.82, 2.24) is 5.32 Å². The Morgan fingerprint density at radius 1 is 1.24 bits per heavy atom. The number of nitrogens with one attached hydrogen (secondary N) is 2. The first-order chi connectivity index (χ1) is 11.0. The van der Waals surface area contributed by atoms with Crippen molar-refractivity contribution in [2.75, 3.05) is 36.9 Å². The van der Waals surface area contributed by atoms with E-state index in [9.17, 15) is 9.59 Å². The highest BCUT2D eigenvalue weighted by atomic mass is 35.5. The average Bonchev–Trinajstić information content (AvgIpc) is 2.55. The quantitative estimate of drug-likeness (QED) is 0.693. The Kier molecular flexibility index (Phi) is 10.5. The molecule has 1 aliphatic rings. The summed E-state index contributed by atoms with van der Waals surface area (Å²) in [4.78, 5) is 25.7. The molecule has 0 aliphatic carbocycles. The van der Waals surface area contributed by atoms with E-state index in [4.69, 9.17) is 5.73 Å². The number of benzene rings is 1. The third kappa shape index (κ3) is 6.38. The average molecular weight is 391 g/mol. The van der Waals surface area contributed by atoms with E-state index in [1.54, 1.807) is 0 Å². The Hall–Kier alpha value is -1.50. The summed E-state index contributed by atoms with van der Waals surface area (Å²) in [5, 5.41) is 6.03. The van der Waals surface area contributed by atoms with Crippen molar-refractivity contribution in [3.8, 4) is 0 Å². The van der Waals surface area contributed by atoms with Crippen molar-refractivity contribution in [2.24, 2.45) is 17.6 Å². The number of halogens is 2. The van der Waals surface area contributed by atoms with Crippen LogP contribution in [0.15, 0.2) is 24.3 Å². The Labute approximate surface area is 161 Å². The predicted molar refractivity (Wildman–Crippen MR) is 107 cm³/mol. The van der Waals surface area contributed by atoms with E-state index in [2.05, 4.69) is 15.5 Å². The molecule has 1 atom stereocenters. The van der Waals surface area contributed by atoms with Gasteiger partial charge in [-0.15, -0.1) is 24.8 Å². The monoisotopic (exact) mass is 390 g/mol. The zero-order chi connectivity index (χ0) is 16.8. The molecule has 1 fully saturated rings. The van der Waals surface area contributed by atoms with E-state index in [0.29, 0.717) is 6.54 Å². The Bertz CT molecular complexity index is 563. The van der Waals surface area contributed by atoms with Crippen molar-refractivity contribution in [2.45, 2.75) is 19.8 Å². The fourth-order valence-corrected chi connectivity index (χ4v) is 2.91. The van der Waals surface area contributed by atoms with Crippen LogP contribution in [0, 0.1) is 11.8 Å². The Morgan fingerprint density at radius 3 is 2.40 bits per heavy atom. The van der Waals surface area contributed by atoms with Gasteiger partial charge in [0.1, 0.15) is 0 Å². The molecule has 25 heavy (non-hydrogen) atoms. The summed E-state index contributed by atoms with van der Waals surface area (Å²) in [5.41, 5.74) is 7.21. The first-order valence-electron chi connectivity index (χ1n) is 8.11. The summed E-state index contributed by atoms with van der Waals surface area (Å²) < 4.78 is 0. The van der Waals surface area contributed by atoms with Gasteiger partial charge < -0.3 is 21.3 Å². The third-order valence-corrected chi connectivity index (χ3v) is 4.36. The van der Waals surface area contributed by atoms with Crippen LogP contribution in [0.2, 0.25) is 0 Å². The van der Waals surface area contributed by atoms with Gasteiger partial charge in [0.25, 0.3) is 0 Å². The highest BCUT2D eigenvalue weighted by molar-refractivity contribution is 5.95. The van der Waals surface area contributed by atoms with Crippen LogP contribution < -0.4 is 21.3 Å². The maximum Gasteiger partial charge on any atom is 0.228 e. The molecule has 1 saturated heterocycles. The highest BCUT2D eigenvalue weighted by Crippen LogP contribution is 2.30. The van der Waals surface area contributed by atoms with Gasteiger partial charge in [0, 0.05) is 31.5 Å². The van der Waals surface area contributed by atoms with E-state index in [1.165, 1.54) is 0 Å². The number of rotatable bonds is 6. The lowest BCUT2D eigenvalue weighted by Crippen LogP contribution is -2.39. The molecule has 2 amide bonds. The molecular weight excluding hydrogens is 363 g/mol. The summed E-state index contributed by atoms with van der Waals surface area (Å²) in [5.74, 6) is -0.358. The minimum atomic E-state index is -0.216. The number of amides is 2. The number of piperidine rings is 1. The molecule has 0 aromatic heterocycles. The molecule has 1 aromatic rings. The fourth-order valence-electron chi connectivity index (χ4n) is 2.91. The van der Waals surface area contributed by atoms with Crippen LogP contribution in [0.25, 0.3) is 0 Å². The molecule has 1 unspecified atom stereocenters. The molecule has 0 radical (unpaired) electrons. The lowest BCUT2D eigenvalue weighted by Gasteiger charge is -2.33. The van der Waals surface area contributed by atoms with E-state index >= 15 is 0 Å². The highest BCUT2D eigenvalue weighted by Gasteiger charge is 2.24. The number of hydrogen-bond donors (Lipinski definition) is 3. The molecule has 1 aliphatic heterocycles. The molecule has 142 valence electrons. The number of nitrogens with two attached hydrogens (primary N) is 1. The number of hydrogen-bond acceptors (Lipinski definition) is 4. The van der Waals surface area contributed by atoms with Gasteiger partial charge in [-0.05, 0) is 32.0 Å². The van der Waals surface area contributed by atoms with Gasteiger partial charge in [-0.2, -0.15) is 0 Å². The maximum atomic E-state index is 12.2. The summed E-state index contributed by atoms with van der Waals surface area (Å²) in [6.07, 6.45) is 1.52. The van der Waals surface area contributed by atoms with E-state index in [1.807, 2.05) is 38.2 Å². The van der Waals surface area contributed by atoms with Gasteiger partial charge in [-0.25, -0.2) is 0 Å². The second-order valence-electron chi connectivity index (χ2n) is 6.13. The molecule has 1 heterocycles. The van der Waals surface area contributed by atoms with Crippen molar-refractivity contribution in [1.29, 1.82) is 0 Å². The second-order valence-corrected chi connectivity index (χ2v) is 6.13. The lowest BCUT2D eigenvalue weighted by atomic mass is 9.96. The maximum absolute atomic E-state index is 12.2. The van der Waals surface area contributed by atoms with Crippen LogP contribution in [-0.4, -0.2) is 38.5 Å². The lowest BCUT2D eigenvalue weighted by molar-refractivity contribution is -0.122. The largest absolute Gasteiger partial charge is 0.370 e. The van der Waals surface area contributed by atoms with E-state index in [0.717, 1.165) is 37.3 Å². The molecule has 8 heteroatoms. The molecule has 0 saturated carbocycles. The van der Waals surface area contributed by atoms with Gasteiger partial charge in [-0.3, -0.25) is 9.59 Å². The summed E-state index contributed by atoms with van der Waals surface area (Å²) in [6, 6.07) is 7.79. The van der Waals surface area contributed by atoms with Gasteiger partial charge in [-0.1, -0.05) is 19.1 Å². The van der Waals surface area contributed by atoms with Gasteiger partial charge in [0.2, 0.25) is 11.8 Å². The number of carbonyl (C=O) groups excluding carboxylic acids is 2. The molecule has 6 nitrogen and oxygen atoms in total. The van der Waals surface area contributed by atoms with Crippen LogP contribution >= 0.6 is 24.8 Å². The van der Waals surface area contributed by atoms with E-state index < -0.39 is 0 Å². The second kappa shape index (κ2) is 11.2. The molecular formula is C17H28Cl2N4O2. The molecule has 2 rings (SSSR count). The van der Waals surface area contributed by atoms with Crippen LogP contribution in [0.4, 0.5) is 11.4 Å². The standard InChI is InChI=1S/C17H26N4O2.2ClH/c1-12(11-19-2)17(23)20-14-5-3-4-6-15(14)21-9-7-13(8-10-21)16(18)22;;/h3-6,12-13,19H,7-11H2,1-2H3,(H2,18,22)(H,20,23);2*1H. The predicted octanol–water partition coefficient (Wildman–Crippen LogP) is 2.03. The van der Waals surface area contributed by atoms with Crippen molar-refractivity contribution < 1.29 is 9.59 Å². The zero-order valence-electron chi connectivity index (χ0n) is 14.7. The van der Waals surface area contributed by atoms with E-state index in [-0.39, 0.29) is 48.5 Å². The zero-order valence-corrected chi connectivity index (χ0v) is 16.3. The van der Waals surface area contributed by atoms with Gasteiger partial charge in [0.15, 0.2) is 0 Å². The summed E-state index contributed by atoms with van der Waals surface area (Å²) in [7, 11) is 1.83. The molecule has 0 bridgehead atoms. The van der Waals surface area contributed by atoms with Crippen molar-refractivity contribution in [3.05, 3.63) is 24.3 Å². The number of primary amides is 1. The normalized spacial score (nSPS) is 15.5. The summed E-state index contributed by atoms with van der Waals surface area (Å²) in [6.45, 7) is 4.07. The fraction of sp³-hybridized carbons (Fsp3) is 0.529. The SMILES string of the molecule is CNCC(C)C(=O)Nc1ccccc1N1CCC(C(N)=O)CC1.Cl.Cl. The number of carbonyl (C=O) groups is 2. The first kappa shape index (κ1) is 23.5. The number of anilines is 2.